The van der Waals surface area contributed by atoms with Gasteiger partial charge in [0.15, 0.2) is 5.75 Å². The van der Waals surface area contributed by atoms with Crippen molar-refractivity contribution in [1.82, 2.24) is 0 Å². The molecule has 0 saturated carbocycles. The van der Waals surface area contributed by atoms with Crippen molar-refractivity contribution in [2.24, 2.45) is 0 Å². The number of halogens is 2. The fourth-order valence-corrected chi connectivity index (χ4v) is 1.22. The zero-order valence-electron chi connectivity index (χ0n) is 4.94. The summed E-state index contributed by atoms with van der Waals surface area (Å²) in [5.41, 5.74) is 5.81. The highest BCUT2D eigenvalue weighted by Gasteiger charge is 2.04. The topological polar surface area (TPSA) is 46.2 Å². The van der Waals surface area contributed by atoms with E-state index >= 15 is 0 Å². The normalized spacial score (nSPS) is 9.80. The van der Waals surface area contributed by atoms with Crippen molar-refractivity contribution >= 4 is 37.5 Å². The summed E-state index contributed by atoms with van der Waals surface area (Å²) in [6.07, 6.45) is 0. The van der Waals surface area contributed by atoms with Gasteiger partial charge < -0.3 is 10.8 Å². The zero-order chi connectivity index (χ0) is 7.72. The molecule has 0 fully saturated rings. The Morgan fingerprint density at radius 3 is 2.20 bits per heavy atom. The summed E-state index contributed by atoms with van der Waals surface area (Å²) in [4.78, 5) is 0. The predicted molar refractivity (Wildman–Crippen MR) is 47.9 cm³/mol. The average molecular weight is 267 g/mol. The zero-order valence-corrected chi connectivity index (χ0v) is 8.11. The molecule has 0 aliphatic rings. The Hall–Kier alpha value is -0.220. The lowest BCUT2D eigenvalue weighted by Gasteiger charge is -2.01. The molecule has 0 saturated heterocycles. The Bertz CT molecular complexity index is 235. The third-order valence-corrected chi connectivity index (χ3v) is 2.45. The molecule has 0 amide bonds. The summed E-state index contributed by atoms with van der Waals surface area (Å²) in [5.74, 6) is 0.0781. The maximum Gasteiger partial charge on any atom is 0.153 e. The minimum absolute atomic E-state index is 0.0781. The lowest BCUT2D eigenvalue weighted by Crippen LogP contribution is -1.87. The standard InChI is InChI=1S/C6H5Br2NO/c7-3-1-2-4(8)6(10)5(3)9/h1-2,10H,9H2. The molecule has 0 spiro atoms. The highest BCUT2D eigenvalue weighted by molar-refractivity contribution is 9.11. The van der Waals surface area contributed by atoms with Crippen LogP contribution in [0.5, 0.6) is 5.75 Å². The smallest absolute Gasteiger partial charge is 0.153 e. The van der Waals surface area contributed by atoms with E-state index in [9.17, 15) is 5.11 Å². The quantitative estimate of drug-likeness (QED) is 0.560. The van der Waals surface area contributed by atoms with Gasteiger partial charge in [-0.15, -0.1) is 0 Å². The second-order valence-electron chi connectivity index (χ2n) is 1.79. The van der Waals surface area contributed by atoms with E-state index in [1.54, 1.807) is 12.1 Å². The second kappa shape index (κ2) is 2.80. The second-order valence-corrected chi connectivity index (χ2v) is 3.50. The molecule has 0 bridgehead atoms. The molecule has 0 aliphatic heterocycles. The lowest BCUT2D eigenvalue weighted by atomic mass is 10.3. The molecular formula is C6H5Br2NO. The van der Waals surface area contributed by atoms with Gasteiger partial charge in [0.2, 0.25) is 0 Å². The molecule has 10 heavy (non-hydrogen) atoms. The van der Waals surface area contributed by atoms with E-state index < -0.39 is 0 Å². The van der Waals surface area contributed by atoms with Crippen LogP contribution in [-0.2, 0) is 0 Å². The molecule has 0 unspecified atom stereocenters. The van der Waals surface area contributed by atoms with Crippen LogP contribution in [0.3, 0.4) is 0 Å². The van der Waals surface area contributed by atoms with Gasteiger partial charge in [-0.2, -0.15) is 0 Å². The van der Waals surface area contributed by atoms with Gasteiger partial charge in [0, 0.05) is 4.47 Å². The fourth-order valence-electron chi connectivity index (χ4n) is 0.557. The van der Waals surface area contributed by atoms with E-state index in [-0.39, 0.29) is 5.75 Å². The number of rotatable bonds is 0. The van der Waals surface area contributed by atoms with E-state index in [0.29, 0.717) is 14.6 Å². The first-order chi connectivity index (χ1) is 4.63. The van der Waals surface area contributed by atoms with Gasteiger partial charge in [0.25, 0.3) is 0 Å². The summed E-state index contributed by atoms with van der Waals surface area (Å²) in [6, 6.07) is 3.48. The molecular weight excluding hydrogens is 262 g/mol. The fraction of sp³-hybridized carbons (Fsp3) is 0. The summed E-state index contributed by atoms with van der Waals surface area (Å²) < 4.78 is 1.31. The monoisotopic (exact) mass is 265 g/mol. The van der Waals surface area contributed by atoms with Gasteiger partial charge in [-0.1, -0.05) is 0 Å². The van der Waals surface area contributed by atoms with Gasteiger partial charge in [0.05, 0.1) is 10.2 Å². The van der Waals surface area contributed by atoms with Crippen molar-refractivity contribution in [2.75, 3.05) is 5.73 Å². The molecule has 3 N–H and O–H groups in total. The number of nitrogen functional groups attached to an aromatic ring is 1. The molecule has 0 aromatic heterocycles. The van der Waals surface area contributed by atoms with Gasteiger partial charge in [-0.05, 0) is 44.0 Å². The van der Waals surface area contributed by atoms with Crippen LogP contribution >= 0.6 is 31.9 Å². The van der Waals surface area contributed by atoms with Crippen molar-refractivity contribution < 1.29 is 5.11 Å². The Kier molecular flexibility index (Phi) is 2.21. The Morgan fingerprint density at radius 2 is 1.70 bits per heavy atom. The van der Waals surface area contributed by atoms with Crippen molar-refractivity contribution in [3.63, 3.8) is 0 Å². The van der Waals surface area contributed by atoms with E-state index in [1.807, 2.05) is 0 Å². The van der Waals surface area contributed by atoms with Crippen LogP contribution in [0.2, 0.25) is 0 Å². The van der Waals surface area contributed by atoms with Crippen LogP contribution < -0.4 is 5.73 Å². The van der Waals surface area contributed by atoms with Gasteiger partial charge in [-0.25, -0.2) is 0 Å². The molecule has 2 nitrogen and oxygen atoms in total. The molecule has 1 aromatic carbocycles. The summed E-state index contributed by atoms with van der Waals surface area (Å²) in [7, 11) is 0. The predicted octanol–water partition coefficient (Wildman–Crippen LogP) is 2.50. The molecule has 54 valence electrons. The van der Waals surface area contributed by atoms with Gasteiger partial charge in [0.1, 0.15) is 0 Å². The van der Waals surface area contributed by atoms with Crippen LogP contribution in [0.25, 0.3) is 0 Å². The van der Waals surface area contributed by atoms with Gasteiger partial charge >= 0.3 is 0 Å². The molecule has 4 heteroatoms. The first-order valence-corrected chi connectivity index (χ1v) is 4.14. The molecule has 1 aromatic rings. The maximum absolute atomic E-state index is 9.19. The number of phenols is 1. The number of hydrogen-bond donors (Lipinski definition) is 2. The highest BCUT2D eigenvalue weighted by Crippen LogP contribution is 2.35. The van der Waals surface area contributed by atoms with Crippen LogP contribution in [0, 0.1) is 0 Å². The number of phenolic OH excluding ortho intramolecular Hbond substituents is 1. The number of hydrogen-bond acceptors (Lipinski definition) is 2. The number of benzene rings is 1. The average Bonchev–Trinajstić information content (AvgIpc) is 1.93. The molecule has 0 atom stereocenters. The highest BCUT2D eigenvalue weighted by atomic mass is 79.9. The van der Waals surface area contributed by atoms with Crippen LogP contribution in [0.1, 0.15) is 0 Å². The Morgan fingerprint density at radius 1 is 1.20 bits per heavy atom. The van der Waals surface area contributed by atoms with Crippen LogP contribution in [0.15, 0.2) is 21.1 Å². The van der Waals surface area contributed by atoms with Crippen molar-refractivity contribution in [3.8, 4) is 5.75 Å². The third kappa shape index (κ3) is 1.27. The maximum atomic E-state index is 9.19. The summed E-state index contributed by atoms with van der Waals surface area (Å²) in [5, 5.41) is 9.19. The SMILES string of the molecule is Nc1c(Br)ccc(Br)c1O. The number of aromatic hydroxyl groups is 1. The molecule has 0 aliphatic carbocycles. The van der Waals surface area contributed by atoms with Crippen molar-refractivity contribution in [2.45, 2.75) is 0 Å². The third-order valence-electron chi connectivity index (χ3n) is 1.11. The summed E-state index contributed by atoms with van der Waals surface area (Å²) >= 11 is 6.30. The van der Waals surface area contributed by atoms with E-state index in [2.05, 4.69) is 31.9 Å². The molecule has 0 heterocycles. The van der Waals surface area contributed by atoms with Crippen molar-refractivity contribution in [1.29, 1.82) is 0 Å². The van der Waals surface area contributed by atoms with Crippen LogP contribution in [-0.4, -0.2) is 5.11 Å². The largest absolute Gasteiger partial charge is 0.505 e. The molecule has 1 rings (SSSR count). The Balaban J connectivity index is 3.34. The minimum atomic E-state index is 0.0781. The van der Waals surface area contributed by atoms with E-state index in [4.69, 9.17) is 5.73 Å². The first-order valence-electron chi connectivity index (χ1n) is 2.55. The summed E-state index contributed by atoms with van der Waals surface area (Å²) in [6.45, 7) is 0. The number of anilines is 1. The van der Waals surface area contributed by atoms with Gasteiger partial charge in [-0.3, -0.25) is 0 Å². The van der Waals surface area contributed by atoms with Crippen molar-refractivity contribution in [3.05, 3.63) is 21.1 Å². The first kappa shape index (κ1) is 7.88. The lowest BCUT2D eigenvalue weighted by molar-refractivity contribution is 0.474. The number of nitrogens with two attached hydrogens (primary N) is 1. The molecule has 0 radical (unpaired) electrons. The van der Waals surface area contributed by atoms with E-state index in [0.717, 1.165) is 0 Å². The van der Waals surface area contributed by atoms with Crippen LogP contribution in [0.4, 0.5) is 5.69 Å². The minimum Gasteiger partial charge on any atom is -0.505 e. The van der Waals surface area contributed by atoms with E-state index in [1.165, 1.54) is 0 Å². The Labute approximate surface area is 75.3 Å².